The Morgan fingerprint density at radius 2 is 1.53 bits per heavy atom. The van der Waals surface area contributed by atoms with E-state index in [1.807, 2.05) is 0 Å². The van der Waals surface area contributed by atoms with Crippen LogP contribution < -0.4 is 0 Å². The maximum Gasteiger partial charge on any atom is 0.411 e. The van der Waals surface area contributed by atoms with Gasteiger partial charge in [0.2, 0.25) is 5.92 Å². The standard InChI is InChI=1S/C8H10F6O3/c1-2-16-3-4-17-6(15)5(7(9,10)11)8(12,13)14/h5H,2-4H2,1H3. The highest BCUT2D eigenvalue weighted by molar-refractivity contribution is 5.74. The Morgan fingerprint density at radius 1 is 1.06 bits per heavy atom. The van der Waals surface area contributed by atoms with E-state index in [2.05, 4.69) is 9.47 Å². The van der Waals surface area contributed by atoms with Gasteiger partial charge in [-0.25, -0.2) is 0 Å². The highest BCUT2D eigenvalue weighted by Gasteiger charge is 2.62. The normalized spacial score (nSPS) is 12.9. The number of esters is 1. The van der Waals surface area contributed by atoms with Gasteiger partial charge in [-0.05, 0) is 6.92 Å². The number of rotatable bonds is 5. The van der Waals surface area contributed by atoms with Gasteiger partial charge in [-0.15, -0.1) is 0 Å². The summed E-state index contributed by atoms with van der Waals surface area (Å²) in [5.41, 5.74) is 0. The molecule has 0 aromatic heterocycles. The van der Waals surface area contributed by atoms with E-state index in [0.717, 1.165) is 0 Å². The zero-order valence-corrected chi connectivity index (χ0v) is 8.69. The molecule has 0 fully saturated rings. The van der Waals surface area contributed by atoms with Gasteiger partial charge in [-0.1, -0.05) is 0 Å². The van der Waals surface area contributed by atoms with Gasteiger partial charge in [0.05, 0.1) is 6.61 Å². The fourth-order valence-electron chi connectivity index (χ4n) is 0.882. The van der Waals surface area contributed by atoms with Crippen LogP contribution >= 0.6 is 0 Å². The largest absolute Gasteiger partial charge is 0.463 e. The molecule has 0 bridgehead atoms. The molecule has 0 spiro atoms. The van der Waals surface area contributed by atoms with Crippen LogP contribution in [0.3, 0.4) is 0 Å². The maximum absolute atomic E-state index is 12.0. The van der Waals surface area contributed by atoms with E-state index in [0.29, 0.717) is 0 Å². The van der Waals surface area contributed by atoms with Crippen molar-refractivity contribution in [3.63, 3.8) is 0 Å². The third-order valence-electron chi connectivity index (χ3n) is 1.57. The van der Waals surface area contributed by atoms with E-state index in [1.54, 1.807) is 6.92 Å². The van der Waals surface area contributed by atoms with Crippen LogP contribution in [0.2, 0.25) is 0 Å². The zero-order valence-electron chi connectivity index (χ0n) is 8.69. The zero-order chi connectivity index (χ0) is 13.7. The summed E-state index contributed by atoms with van der Waals surface area (Å²) in [6, 6.07) is 0. The molecule has 0 aromatic carbocycles. The van der Waals surface area contributed by atoms with Gasteiger partial charge in [0, 0.05) is 6.61 Å². The molecule has 0 aliphatic heterocycles. The second-order valence-corrected chi connectivity index (χ2v) is 2.88. The number of alkyl halides is 6. The molecule has 0 aliphatic carbocycles. The predicted octanol–water partition coefficient (Wildman–Crippen LogP) is 2.31. The monoisotopic (exact) mass is 268 g/mol. The first-order chi connectivity index (χ1) is 7.60. The number of ether oxygens (including phenoxy) is 2. The second-order valence-electron chi connectivity index (χ2n) is 2.88. The van der Waals surface area contributed by atoms with Crippen molar-refractivity contribution in [3.8, 4) is 0 Å². The van der Waals surface area contributed by atoms with Crippen molar-refractivity contribution in [2.75, 3.05) is 19.8 Å². The van der Waals surface area contributed by atoms with Crippen molar-refractivity contribution in [3.05, 3.63) is 0 Å². The number of halogens is 6. The fourth-order valence-corrected chi connectivity index (χ4v) is 0.882. The molecule has 0 radical (unpaired) electrons. The molecule has 0 saturated heterocycles. The summed E-state index contributed by atoms with van der Waals surface area (Å²) in [6.45, 7) is 0.857. The third kappa shape index (κ3) is 5.76. The van der Waals surface area contributed by atoms with Crippen LogP contribution in [-0.2, 0) is 14.3 Å². The highest BCUT2D eigenvalue weighted by Crippen LogP contribution is 2.39. The number of hydrogen-bond acceptors (Lipinski definition) is 3. The molecule has 0 heterocycles. The average molecular weight is 268 g/mol. The summed E-state index contributed by atoms with van der Waals surface area (Å²) in [5, 5.41) is 0. The Balaban J connectivity index is 4.47. The van der Waals surface area contributed by atoms with Crippen LogP contribution in [0.25, 0.3) is 0 Å². The van der Waals surface area contributed by atoms with Gasteiger partial charge in [-0.2, -0.15) is 26.3 Å². The molecule has 0 N–H and O–H groups in total. The van der Waals surface area contributed by atoms with Crippen LogP contribution in [0.5, 0.6) is 0 Å². The van der Waals surface area contributed by atoms with Crippen molar-refractivity contribution >= 4 is 5.97 Å². The third-order valence-corrected chi connectivity index (χ3v) is 1.57. The van der Waals surface area contributed by atoms with E-state index < -0.39 is 30.8 Å². The Bertz CT molecular complexity index is 233. The molecule has 0 saturated carbocycles. The molecular weight excluding hydrogens is 258 g/mol. The average Bonchev–Trinajstić information content (AvgIpc) is 2.07. The molecule has 0 atom stereocenters. The number of hydrogen-bond donors (Lipinski definition) is 0. The molecule has 0 aromatic rings. The first-order valence-corrected chi connectivity index (χ1v) is 4.48. The van der Waals surface area contributed by atoms with Gasteiger partial charge in [0.15, 0.2) is 0 Å². The van der Waals surface area contributed by atoms with E-state index in [-0.39, 0.29) is 13.2 Å². The van der Waals surface area contributed by atoms with Crippen molar-refractivity contribution in [1.29, 1.82) is 0 Å². The first kappa shape index (κ1) is 16.0. The van der Waals surface area contributed by atoms with Crippen molar-refractivity contribution in [2.45, 2.75) is 19.3 Å². The molecule has 3 nitrogen and oxygen atoms in total. The van der Waals surface area contributed by atoms with Crippen LogP contribution in [0.15, 0.2) is 0 Å². The topological polar surface area (TPSA) is 35.5 Å². The summed E-state index contributed by atoms with van der Waals surface area (Å²) in [5.74, 6) is -6.48. The van der Waals surface area contributed by atoms with E-state index in [9.17, 15) is 31.1 Å². The lowest BCUT2D eigenvalue weighted by Gasteiger charge is -2.21. The second kappa shape index (κ2) is 6.08. The Kier molecular flexibility index (Phi) is 5.73. The minimum atomic E-state index is -5.72. The van der Waals surface area contributed by atoms with Gasteiger partial charge in [0.1, 0.15) is 6.61 Å². The van der Waals surface area contributed by atoms with Gasteiger partial charge >= 0.3 is 18.3 Å². The molecule has 0 unspecified atom stereocenters. The SMILES string of the molecule is CCOCCOC(=O)C(C(F)(F)F)C(F)(F)F. The quantitative estimate of drug-likeness (QED) is 0.436. The minimum absolute atomic E-state index is 0.208. The molecule has 0 amide bonds. The summed E-state index contributed by atoms with van der Waals surface area (Å²) in [7, 11) is 0. The molecule has 9 heteroatoms. The van der Waals surface area contributed by atoms with Gasteiger partial charge in [-0.3, -0.25) is 4.79 Å². The van der Waals surface area contributed by atoms with E-state index in [1.165, 1.54) is 0 Å². The lowest BCUT2D eigenvalue weighted by atomic mass is 10.1. The van der Waals surface area contributed by atoms with E-state index >= 15 is 0 Å². The predicted molar refractivity (Wildman–Crippen MR) is 43.1 cm³/mol. The Morgan fingerprint density at radius 3 is 1.88 bits per heavy atom. The van der Waals surface area contributed by atoms with Crippen LogP contribution in [0.1, 0.15) is 6.92 Å². The lowest BCUT2D eigenvalue weighted by Crippen LogP contribution is -2.43. The smallest absolute Gasteiger partial charge is 0.411 e. The van der Waals surface area contributed by atoms with Crippen molar-refractivity contribution < 1.29 is 40.6 Å². The molecule has 0 rings (SSSR count). The van der Waals surface area contributed by atoms with Crippen molar-refractivity contribution in [1.82, 2.24) is 0 Å². The Labute approximate surface area is 92.7 Å². The van der Waals surface area contributed by atoms with Crippen LogP contribution in [-0.4, -0.2) is 38.1 Å². The van der Waals surface area contributed by atoms with E-state index in [4.69, 9.17) is 0 Å². The number of carbonyl (C=O) groups is 1. The van der Waals surface area contributed by atoms with Crippen LogP contribution in [0, 0.1) is 5.92 Å². The minimum Gasteiger partial charge on any atom is -0.463 e. The summed E-state index contributed by atoms with van der Waals surface area (Å²) < 4.78 is 80.4. The number of carbonyl (C=O) groups excluding carboxylic acids is 1. The summed E-state index contributed by atoms with van der Waals surface area (Å²) in [6.07, 6.45) is -11.4. The highest BCUT2D eigenvalue weighted by atomic mass is 19.4. The van der Waals surface area contributed by atoms with Crippen LogP contribution in [0.4, 0.5) is 26.3 Å². The lowest BCUT2D eigenvalue weighted by molar-refractivity contribution is -0.282. The first-order valence-electron chi connectivity index (χ1n) is 4.48. The molecule has 17 heavy (non-hydrogen) atoms. The van der Waals surface area contributed by atoms with Crippen molar-refractivity contribution in [2.24, 2.45) is 5.92 Å². The maximum atomic E-state index is 12.0. The van der Waals surface area contributed by atoms with Gasteiger partial charge in [0.25, 0.3) is 0 Å². The molecular formula is C8H10F6O3. The summed E-state index contributed by atoms with van der Waals surface area (Å²) >= 11 is 0. The molecule has 102 valence electrons. The van der Waals surface area contributed by atoms with Gasteiger partial charge < -0.3 is 9.47 Å². The fraction of sp³-hybridized carbons (Fsp3) is 0.875. The Hall–Kier alpha value is -0.990. The molecule has 0 aliphatic rings. The summed E-state index contributed by atoms with van der Waals surface area (Å²) in [4.78, 5) is 10.7.